The zero-order valence-corrected chi connectivity index (χ0v) is 13.9. The number of para-hydroxylation sites is 1. The minimum absolute atomic E-state index is 0. The van der Waals surface area contributed by atoms with Gasteiger partial charge in [0.2, 0.25) is 5.91 Å². The maximum atomic E-state index is 12.6. The molecule has 0 radical (unpaired) electrons. The van der Waals surface area contributed by atoms with Crippen LogP contribution in [0.5, 0.6) is 0 Å². The maximum Gasteiger partial charge on any atom is 0.228 e. The summed E-state index contributed by atoms with van der Waals surface area (Å²) in [6.45, 7) is 3.95. The van der Waals surface area contributed by atoms with Crippen LogP contribution in [0.25, 0.3) is 11.0 Å². The molecule has 1 spiro atoms. The van der Waals surface area contributed by atoms with Crippen LogP contribution in [-0.4, -0.2) is 42.1 Å². The standard InChI is InChI=1S/C17H21N3O2.ClH/c21-16(11-14-13-3-1-2-4-15(13)22-19-14)20-10-7-17(12-20)5-8-18-9-6-17;/h1-4,18H,5-12H2;1H. The zero-order valence-electron chi connectivity index (χ0n) is 13.1. The average Bonchev–Trinajstić information content (AvgIpc) is 3.14. The van der Waals surface area contributed by atoms with Gasteiger partial charge in [0.05, 0.1) is 6.42 Å². The van der Waals surface area contributed by atoms with Gasteiger partial charge in [0, 0.05) is 18.5 Å². The second kappa shape index (κ2) is 6.49. The molecule has 124 valence electrons. The van der Waals surface area contributed by atoms with Gasteiger partial charge in [-0.15, -0.1) is 12.4 Å². The fourth-order valence-electron chi connectivity index (χ4n) is 3.83. The van der Waals surface area contributed by atoms with E-state index >= 15 is 0 Å². The van der Waals surface area contributed by atoms with Crippen molar-refractivity contribution >= 4 is 29.3 Å². The Bertz CT molecular complexity index is 694. The first kappa shape index (κ1) is 16.3. The minimum Gasteiger partial charge on any atom is -0.356 e. The molecule has 4 rings (SSSR count). The Morgan fingerprint density at radius 3 is 2.87 bits per heavy atom. The van der Waals surface area contributed by atoms with E-state index in [0.717, 1.165) is 49.3 Å². The Morgan fingerprint density at radius 1 is 1.26 bits per heavy atom. The van der Waals surface area contributed by atoms with Crippen LogP contribution in [0, 0.1) is 5.41 Å². The van der Waals surface area contributed by atoms with E-state index < -0.39 is 0 Å². The molecule has 6 heteroatoms. The molecule has 0 aliphatic carbocycles. The third kappa shape index (κ3) is 3.08. The Balaban J connectivity index is 0.00000156. The van der Waals surface area contributed by atoms with Gasteiger partial charge in [0.1, 0.15) is 5.69 Å². The first-order chi connectivity index (χ1) is 10.8. The molecule has 2 fully saturated rings. The lowest BCUT2D eigenvalue weighted by atomic mass is 9.78. The Labute approximate surface area is 141 Å². The van der Waals surface area contributed by atoms with Crippen LogP contribution in [0.3, 0.4) is 0 Å². The van der Waals surface area contributed by atoms with E-state index in [0.29, 0.717) is 11.8 Å². The quantitative estimate of drug-likeness (QED) is 0.915. The SMILES string of the molecule is Cl.O=C(Cc1noc2ccccc12)N1CCC2(CCNCC2)C1. The molecule has 0 saturated carbocycles. The highest BCUT2D eigenvalue weighted by Gasteiger charge is 2.40. The van der Waals surface area contributed by atoms with Crippen molar-refractivity contribution in [3.05, 3.63) is 30.0 Å². The van der Waals surface area contributed by atoms with Gasteiger partial charge in [-0.05, 0) is 49.9 Å². The molecule has 2 saturated heterocycles. The fraction of sp³-hybridized carbons (Fsp3) is 0.529. The summed E-state index contributed by atoms with van der Waals surface area (Å²) in [5.41, 5.74) is 1.86. The van der Waals surface area contributed by atoms with Crippen LogP contribution < -0.4 is 5.32 Å². The molecular formula is C17H22ClN3O2. The largest absolute Gasteiger partial charge is 0.356 e. The number of likely N-dealkylation sites (tertiary alicyclic amines) is 1. The number of carbonyl (C=O) groups is 1. The summed E-state index contributed by atoms with van der Waals surface area (Å²) in [4.78, 5) is 14.6. The van der Waals surface area contributed by atoms with Crippen LogP contribution in [0.4, 0.5) is 0 Å². The van der Waals surface area contributed by atoms with Gasteiger partial charge in [0.25, 0.3) is 0 Å². The molecule has 2 aliphatic heterocycles. The van der Waals surface area contributed by atoms with E-state index in [4.69, 9.17) is 4.52 Å². The Morgan fingerprint density at radius 2 is 2.04 bits per heavy atom. The molecule has 0 atom stereocenters. The Kier molecular flexibility index (Phi) is 4.60. The number of hydrogen-bond donors (Lipinski definition) is 1. The molecule has 1 amide bonds. The summed E-state index contributed by atoms with van der Waals surface area (Å²) in [6.07, 6.45) is 3.85. The van der Waals surface area contributed by atoms with Gasteiger partial charge in [-0.2, -0.15) is 0 Å². The van der Waals surface area contributed by atoms with Gasteiger partial charge in [-0.3, -0.25) is 4.79 Å². The van der Waals surface area contributed by atoms with Gasteiger partial charge >= 0.3 is 0 Å². The van der Waals surface area contributed by atoms with E-state index in [1.807, 2.05) is 29.2 Å². The molecule has 1 aromatic carbocycles. The molecule has 2 aromatic rings. The molecule has 3 heterocycles. The fourth-order valence-corrected chi connectivity index (χ4v) is 3.83. The highest BCUT2D eigenvalue weighted by molar-refractivity contribution is 5.86. The van der Waals surface area contributed by atoms with Crippen molar-refractivity contribution in [3.63, 3.8) is 0 Å². The topological polar surface area (TPSA) is 58.4 Å². The van der Waals surface area contributed by atoms with Gasteiger partial charge in [-0.1, -0.05) is 17.3 Å². The molecular weight excluding hydrogens is 314 g/mol. The minimum atomic E-state index is 0. The lowest BCUT2D eigenvalue weighted by Crippen LogP contribution is -2.40. The molecule has 1 N–H and O–H groups in total. The van der Waals surface area contributed by atoms with E-state index in [2.05, 4.69) is 10.5 Å². The van der Waals surface area contributed by atoms with E-state index in [9.17, 15) is 4.79 Å². The van der Waals surface area contributed by atoms with E-state index in [1.165, 1.54) is 12.8 Å². The number of amides is 1. The van der Waals surface area contributed by atoms with Crippen molar-refractivity contribution in [2.75, 3.05) is 26.2 Å². The molecule has 23 heavy (non-hydrogen) atoms. The molecule has 0 bridgehead atoms. The predicted octanol–water partition coefficient (Wildman–Crippen LogP) is 2.39. The van der Waals surface area contributed by atoms with Crippen molar-refractivity contribution in [1.82, 2.24) is 15.4 Å². The number of fused-ring (bicyclic) bond motifs is 1. The van der Waals surface area contributed by atoms with E-state index in [1.54, 1.807) is 0 Å². The first-order valence-electron chi connectivity index (χ1n) is 8.08. The third-order valence-corrected chi connectivity index (χ3v) is 5.23. The number of halogens is 1. The Hall–Kier alpha value is -1.59. The highest BCUT2D eigenvalue weighted by atomic mass is 35.5. The number of piperidine rings is 1. The summed E-state index contributed by atoms with van der Waals surface area (Å²) in [5.74, 6) is 0.175. The summed E-state index contributed by atoms with van der Waals surface area (Å²) in [5, 5.41) is 8.44. The summed E-state index contributed by atoms with van der Waals surface area (Å²) < 4.78 is 5.29. The van der Waals surface area contributed by atoms with Crippen molar-refractivity contribution in [3.8, 4) is 0 Å². The number of hydrogen-bond acceptors (Lipinski definition) is 4. The average molecular weight is 336 g/mol. The molecule has 5 nitrogen and oxygen atoms in total. The summed E-state index contributed by atoms with van der Waals surface area (Å²) >= 11 is 0. The second-order valence-electron chi connectivity index (χ2n) is 6.62. The maximum absolute atomic E-state index is 12.6. The zero-order chi connectivity index (χ0) is 15.0. The highest BCUT2D eigenvalue weighted by Crippen LogP contribution is 2.38. The monoisotopic (exact) mass is 335 g/mol. The third-order valence-electron chi connectivity index (χ3n) is 5.23. The number of aromatic nitrogens is 1. The van der Waals surface area contributed by atoms with Crippen molar-refractivity contribution in [2.24, 2.45) is 5.41 Å². The number of nitrogens with one attached hydrogen (secondary N) is 1. The van der Waals surface area contributed by atoms with Crippen molar-refractivity contribution in [2.45, 2.75) is 25.7 Å². The lowest BCUT2D eigenvalue weighted by Gasteiger charge is -2.33. The van der Waals surface area contributed by atoms with Crippen LogP contribution in [0.2, 0.25) is 0 Å². The molecule has 2 aliphatic rings. The van der Waals surface area contributed by atoms with Gasteiger partial charge in [-0.25, -0.2) is 0 Å². The number of benzene rings is 1. The van der Waals surface area contributed by atoms with Crippen molar-refractivity contribution in [1.29, 1.82) is 0 Å². The first-order valence-corrected chi connectivity index (χ1v) is 8.08. The number of rotatable bonds is 2. The number of nitrogens with zero attached hydrogens (tertiary/aromatic N) is 2. The van der Waals surface area contributed by atoms with E-state index in [-0.39, 0.29) is 18.3 Å². The van der Waals surface area contributed by atoms with Crippen LogP contribution in [0.15, 0.2) is 28.8 Å². The van der Waals surface area contributed by atoms with Crippen LogP contribution >= 0.6 is 12.4 Å². The summed E-state index contributed by atoms with van der Waals surface area (Å²) in [7, 11) is 0. The molecule has 1 aromatic heterocycles. The lowest BCUT2D eigenvalue weighted by molar-refractivity contribution is -0.130. The second-order valence-corrected chi connectivity index (χ2v) is 6.62. The van der Waals surface area contributed by atoms with Crippen LogP contribution in [-0.2, 0) is 11.2 Å². The number of carbonyl (C=O) groups excluding carboxylic acids is 1. The normalized spacial score (nSPS) is 19.9. The smallest absolute Gasteiger partial charge is 0.228 e. The summed E-state index contributed by atoms with van der Waals surface area (Å²) in [6, 6.07) is 7.72. The van der Waals surface area contributed by atoms with Gasteiger partial charge in [0.15, 0.2) is 5.58 Å². The molecule has 0 unspecified atom stereocenters. The van der Waals surface area contributed by atoms with Crippen LogP contribution in [0.1, 0.15) is 25.0 Å². The van der Waals surface area contributed by atoms with Gasteiger partial charge < -0.3 is 14.7 Å². The predicted molar refractivity (Wildman–Crippen MR) is 90.7 cm³/mol. The van der Waals surface area contributed by atoms with Crippen molar-refractivity contribution < 1.29 is 9.32 Å².